The van der Waals surface area contributed by atoms with Crippen LogP contribution in [0.5, 0.6) is 0 Å². The third-order valence-corrected chi connectivity index (χ3v) is 6.31. The van der Waals surface area contributed by atoms with Gasteiger partial charge < -0.3 is 4.90 Å². The zero-order valence-electron chi connectivity index (χ0n) is 12.6. The Morgan fingerprint density at radius 2 is 2.00 bits per heavy atom. The average molecular weight is 317 g/mol. The molecule has 2 atom stereocenters. The number of fused-ring (bicyclic) bond motifs is 2. The first-order valence-corrected chi connectivity index (χ1v) is 9.05. The Bertz CT molecular complexity index is 708. The Morgan fingerprint density at radius 1 is 1.18 bits per heavy atom. The number of halogens is 1. The number of hydrogen-bond acceptors (Lipinski definition) is 2. The molecule has 2 heterocycles. The molecule has 2 nitrogen and oxygen atoms in total. The molecular formula is C18H20FNOS. The molecule has 1 aliphatic carbocycles. The quantitative estimate of drug-likeness (QED) is 0.737. The van der Waals surface area contributed by atoms with E-state index in [1.807, 2.05) is 6.07 Å². The fraction of sp³-hybridized carbons (Fsp3) is 0.500. The molecular weight excluding hydrogens is 297 g/mol. The summed E-state index contributed by atoms with van der Waals surface area (Å²) in [6, 6.07) is 7.20. The monoisotopic (exact) mass is 317 g/mol. The lowest BCUT2D eigenvalue weighted by atomic mass is 9.78. The van der Waals surface area contributed by atoms with E-state index in [0.29, 0.717) is 22.2 Å². The molecule has 2 aromatic rings. The Kier molecular flexibility index (Phi) is 3.65. The maximum atomic E-state index is 13.9. The van der Waals surface area contributed by atoms with Crippen molar-refractivity contribution in [1.82, 2.24) is 4.90 Å². The molecule has 0 radical (unpaired) electrons. The SMILES string of the molecule is O=C(c1cc2c(F)cccc2s1)N1CCC[C@H]2CCCC[C@H]21. The van der Waals surface area contributed by atoms with Crippen LogP contribution >= 0.6 is 11.3 Å². The molecule has 1 amide bonds. The van der Waals surface area contributed by atoms with Crippen molar-refractivity contribution in [3.8, 4) is 0 Å². The summed E-state index contributed by atoms with van der Waals surface area (Å²) in [6.07, 6.45) is 7.29. The van der Waals surface area contributed by atoms with Crippen molar-refractivity contribution >= 4 is 27.3 Å². The van der Waals surface area contributed by atoms with Crippen LogP contribution < -0.4 is 0 Å². The van der Waals surface area contributed by atoms with Crippen LogP contribution in [0.15, 0.2) is 24.3 Å². The smallest absolute Gasteiger partial charge is 0.264 e. The summed E-state index contributed by atoms with van der Waals surface area (Å²) in [5.41, 5.74) is 0. The Hall–Kier alpha value is -1.42. The lowest BCUT2D eigenvalue weighted by molar-refractivity contribution is 0.0395. The van der Waals surface area contributed by atoms with Crippen molar-refractivity contribution < 1.29 is 9.18 Å². The van der Waals surface area contributed by atoms with E-state index >= 15 is 0 Å². The van der Waals surface area contributed by atoms with E-state index in [-0.39, 0.29) is 11.7 Å². The molecule has 1 aromatic heterocycles. The van der Waals surface area contributed by atoms with Crippen molar-refractivity contribution in [2.45, 2.75) is 44.6 Å². The van der Waals surface area contributed by atoms with Crippen LogP contribution in [0, 0.1) is 11.7 Å². The van der Waals surface area contributed by atoms with Gasteiger partial charge in [-0.15, -0.1) is 11.3 Å². The lowest BCUT2D eigenvalue weighted by Gasteiger charge is -2.44. The summed E-state index contributed by atoms with van der Waals surface area (Å²) >= 11 is 1.42. The summed E-state index contributed by atoms with van der Waals surface area (Å²) in [5, 5.41) is 0.577. The van der Waals surface area contributed by atoms with E-state index in [9.17, 15) is 9.18 Å². The highest BCUT2D eigenvalue weighted by atomic mass is 32.1. The van der Waals surface area contributed by atoms with Gasteiger partial charge in [0.2, 0.25) is 0 Å². The van der Waals surface area contributed by atoms with Gasteiger partial charge in [-0.05, 0) is 49.8 Å². The summed E-state index contributed by atoms with van der Waals surface area (Å²) in [6.45, 7) is 0.858. The minimum atomic E-state index is -0.234. The normalized spacial score (nSPS) is 25.2. The molecule has 1 saturated heterocycles. The van der Waals surface area contributed by atoms with Crippen molar-refractivity contribution in [1.29, 1.82) is 0 Å². The molecule has 1 aliphatic heterocycles. The maximum Gasteiger partial charge on any atom is 0.264 e. The fourth-order valence-electron chi connectivity index (χ4n) is 4.15. The predicted octanol–water partition coefficient (Wildman–Crippen LogP) is 4.84. The van der Waals surface area contributed by atoms with Gasteiger partial charge in [-0.2, -0.15) is 0 Å². The number of likely N-dealkylation sites (tertiary alicyclic amines) is 1. The minimum absolute atomic E-state index is 0.109. The highest BCUT2D eigenvalue weighted by Gasteiger charge is 2.36. The molecule has 0 N–H and O–H groups in total. The predicted molar refractivity (Wildman–Crippen MR) is 87.8 cm³/mol. The second-order valence-corrected chi connectivity index (χ2v) is 7.60. The van der Waals surface area contributed by atoms with Gasteiger partial charge in [-0.25, -0.2) is 4.39 Å². The fourth-order valence-corrected chi connectivity index (χ4v) is 5.18. The number of carbonyl (C=O) groups excluding carboxylic acids is 1. The van der Waals surface area contributed by atoms with Crippen LogP contribution in [0.2, 0.25) is 0 Å². The van der Waals surface area contributed by atoms with Crippen LogP contribution in [0.3, 0.4) is 0 Å². The van der Waals surface area contributed by atoms with Crippen molar-refractivity contribution in [2.75, 3.05) is 6.54 Å². The number of hydrogen-bond donors (Lipinski definition) is 0. The number of rotatable bonds is 1. The Morgan fingerprint density at radius 3 is 2.86 bits per heavy atom. The van der Waals surface area contributed by atoms with E-state index in [0.717, 1.165) is 24.1 Å². The zero-order valence-corrected chi connectivity index (χ0v) is 13.4. The molecule has 1 saturated carbocycles. The molecule has 2 aliphatic rings. The first kappa shape index (κ1) is 14.2. The maximum absolute atomic E-state index is 13.9. The third kappa shape index (κ3) is 2.34. The molecule has 4 heteroatoms. The molecule has 1 aromatic carbocycles. The van der Waals surface area contributed by atoms with E-state index in [1.54, 1.807) is 12.1 Å². The molecule has 0 spiro atoms. The van der Waals surface area contributed by atoms with E-state index in [2.05, 4.69) is 4.90 Å². The number of nitrogens with zero attached hydrogens (tertiary/aromatic N) is 1. The van der Waals surface area contributed by atoms with Crippen LogP contribution in [0.4, 0.5) is 4.39 Å². The van der Waals surface area contributed by atoms with Gasteiger partial charge in [0.15, 0.2) is 0 Å². The van der Waals surface area contributed by atoms with Crippen LogP contribution in [-0.2, 0) is 0 Å². The number of piperidine rings is 1. The first-order chi connectivity index (χ1) is 10.7. The number of carbonyl (C=O) groups is 1. The lowest BCUT2D eigenvalue weighted by Crippen LogP contribution is -2.49. The molecule has 0 bridgehead atoms. The standard InChI is InChI=1S/C18H20FNOS/c19-14-7-3-9-16-13(14)11-17(22-16)18(21)20-10-4-6-12-5-1-2-8-15(12)20/h3,7,9,11-12,15H,1-2,4-6,8,10H2/t12-,15-/m1/s1. The van der Waals surface area contributed by atoms with Gasteiger partial charge in [0.1, 0.15) is 5.82 Å². The molecule has 0 unspecified atom stereocenters. The van der Waals surface area contributed by atoms with Gasteiger partial charge in [0, 0.05) is 22.7 Å². The minimum Gasteiger partial charge on any atom is -0.335 e. The van der Waals surface area contributed by atoms with Gasteiger partial charge in [-0.1, -0.05) is 18.9 Å². The summed E-state index contributed by atoms with van der Waals surface area (Å²) in [5.74, 6) is 0.553. The highest BCUT2D eigenvalue weighted by Crippen LogP contribution is 2.37. The second kappa shape index (κ2) is 5.65. The van der Waals surface area contributed by atoms with Gasteiger partial charge in [0.05, 0.1) is 4.88 Å². The number of benzene rings is 1. The Labute approximate surface area is 133 Å². The van der Waals surface area contributed by atoms with E-state index in [4.69, 9.17) is 0 Å². The van der Waals surface area contributed by atoms with Crippen LogP contribution in [0.25, 0.3) is 10.1 Å². The van der Waals surface area contributed by atoms with Gasteiger partial charge >= 0.3 is 0 Å². The van der Waals surface area contributed by atoms with Crippen molar-refractivity contribution in [2.24, 2.45) is 5.92 Å². The second-order valence-electron chi connectivity index (χ2n) is 6.51. The first-order valence-electron chi connectivity index (χ1n) is 8.23. The molecule has 22 heavy (non-hydrogen) atoms. The van der Waals surface area contributed by atoms with Crippen LogP contribution in [-0.4, -0.2) is 23.4 Å². The van der Waals surface area contributed by atoms with E-state index in [1.165, 1.54) is 43.1 Å². The number of amides is 1. The Balaban J connectivity index is 1.65. The number of thiophene rings is 1. The van der Waals surface area contributed by atoms with E-state index < -0.39 is 0 Å². The summed E-state index contributed by atoms with van der Waals surface area (Å²) in [7, 11) is 0. The van der Waals surface area contributed by atoms with Gasteiger partial charge in [0.25, 0.3) is 5.91 Å². The zero-order chi connectivity index (χ0) is 15.1. The molecule has 4 rings (SSSR count). The molecule has 116 valence electrons. The topological polar surface area (TPSA) is 20.3 Å². The molecule has 2 fully saturated rings. The third-order valence-electron chi connectivity index (χ3n) is 5.22. The summed E-state index contributed by atoms with van der Waals surface area (Å²) in [4.78, 5) is 15.7. The summed E-state index contributed by atoms with van der Waals surface area (Å²) < 4.78 is 14.7. The highest BCUT2D eigenvalue weighted by molar-refractivity contribution is 7.20. The van der Waals surface area contributed by atoms with Crippen molar-refractivity contribution in [3.05, 3.63) is 35.0 Å². The average Bonchev–Trinajstić information content (AvgIpc) is 2.99. The van der Waals surface area contributed by atoms with Crippen molar-refractivity contribution in [3.63, 3.8) is 0 Å². The van der Waals surface area contributed by atoms with Gasteiger partial charge in [-0.3, -0.25) is 4.79 Å². The largest absolute Gasteiger partial charge is 0.335 e. The van der Waals surface area contributed by atoms with Crippen LogP contribution in [0.1, 0.15) is 48.2 Å².